The molecule has 0 bridgehead atoms. The van der Waals surface area contributed by atoms with Crippen molar-refractivity contribution in [1.29, 1.82) is 0 Å². The largest absolute Gasteiger partial charge is 0.378 e. The molecular weight excluding hydrogens is 411 g/mol. The van der Waals surface area contributed by atoms with E-state index in [0.717, 1.165) is 28.1 Å². The molecule has 28 heavy (non-hydrogen) atoms. The molecule has 0 unspecified atom stereocenters. The highest BCUT2D eigenvalue weighted by Crippen LogP contribution is 2.41. The van der Waals surface area contributed by atoms with Gasteiger partial charge in [-0.2, -0.15) is 0 Å². The van der Waals surface area contributed by atoms with E-state index in [4.69, 9.17) is 34.8 Å². The molecule has 3 aromatic carbocycles. The number of hydrogen-bond donors (Lipinski definition) is 0. The van der Waals surface area contributed by atoms with E-state index in [1.54, 1.807) is 6.07 Å². The minimum Gasteiger partial charge on any atom is -0.378 e. The highest BCUT2D eigenvalue weighted by Gasteiger charge is 2.22. The lowest BCUT2D eigenvalue weighted by molar-refractivity contribution is 0.973. The van der Waals surface area contributed by atoms with Crippen LogP contribution in [0.3, 0.4) is 0 Å². The molecule has 0 aliphatic rings. The van der Waals surface area contributed by atoms with Crippen molar-refractivity contribution in [3.63, 3.8) is 0 Å². The Kier molecular flexibility index (Phi) is 6.44. The maximum absolute atomic E-state index is 6.62. The van der Waals surface area contributed by atoms with E-state index in [1.165, 1.54) is 0 Å². The molecule has 3 rings (SSSR count). The SMILES string of the molecule is CN(C)c1ccc(C(c2ccc(N(C)C)cc2)c2cc(Cl)cc(Cl)c2Cl)cc1. The Labute approximate surface area is 182 Å². The van der Waals surface area contributed by atoms with Gasteiger partial charge in [0.25, 0.3) is 0 Å². The van der Waals surface area contributed by atoms with Crippen LogP contribution in [0.4, 0.5) is 11.4 Å². The monoisotopic (exact) mass is 432 g/mol. The topological polar surface area (TPSA) is 6.48 Å². The lowest BCUT2D eigenvalue weighted by atomic mass is 9.85. The first-order valence-electron chi connectivity index (χ1n) is 8.97. The summed E-state index contributed by atoms with van der Waals surface area (Å²) in [5, 5.41) is 1.57. The fraction of sp³-hybridized carbons (Fsp3) is 0.217. The van der Waals surface area contributed by atoms with Crippen LogP contribution < -0.4 is 9.80 Å². The van der Waals surface area contributed by atoms with E-state index < -0.39 is 0 Å². The van der Waals surface area contributed by atoms with Gasteiger partial charge in [-0.3, -0.25) is 0 Å². The van der Waals surface area contributed by atoms with Crippen LogP contribution in [0.5, 0.6) is 0 Å². The lowest BCUT2D eigenvalue weighted by Gasteiger charge is -2.23. The van der Waals surface area contributed by atoms with Crippen molar-refractivity contribution in [2.75, 3.05) is 38.0 Å². The number of rotatable bonds is 5. The molecule has 0 radical (unpaired) electrons. The standard InChI is InChI=1S/C23H23Cl3N2/c1-27(2)18-9-5-15(6-10-18)22(16-7-11-19(12-8-16)28(3)4)20-13-17(24)14-21(25)23(20)26/h5-14,22H,1-4H3. The Hall–Kier alpha value is -1.87. The molecule has 0 amide bonds. The fourth-order valence-corrected chi connectivity index (χ4v) is 3.99. The third kappa shape index (κ3) is 4.41. The second kappa shape index (κ2) is 8.65. The Morgan fingerprint density at radius 2 is 1.07 bits per heavy atom. The molecule has 0 spiro atoms. The Balaban J connectivity index is 2.16. The molecule has 0 saturated heterocycles. The molecule has 0 aromatic heterocycles. The molecule has 3 aromatic rings. The molecule has 146 valence electrons. The maximum atomic E-state index is 6.62. The number of hydrogen-bond acceptors (Lipinski definition) is 2. The van der Waals surface area contributed by atoms with Crippen LogP contribution >= 0.6 is 34.8 Å². The summed E-state index contributed by atoms with van der Waals surface area (Å²) in [7, 11) is 8.11. The number of halogens is 3. The van der Waals surface area contributed by atoms with Crippen LogP contribution in [0.25, 0.3) is 0 Å². The quantitative estimate of drug-likeness (QED) is 0.317. The van der Waals surface area contributed by atoms with Crippen molar-refractivity contribution in [3.05, 3.63) is 92.4 Å². The minimum atomic E-state index is -0.0730. The maximum Gasteiger partial charge on any atom is 0.0634 e. The predicted octanol–water partition coefficient (Wildman–Crippen LogP) is 6.96. The summed E-state index contributed by atoms with van der Waals surface area (Å²) in [5.74, 6) is -0.0730. The third-order valence-electron chi connectivity index (χ3n) is 4.82. The zero-order chi connectivity index (χ0) is 20.4. The van der Waals surface area contributed by atoms with Crippen LogP contribution in [-0.4, -0.2) is 28.2 Å². The van der Waals surface area contributed by atoms with Gasteiger partial charge in [-0.05, 0) is 53.1 Å². The molecule has 0 aliphatic carbocycles. The van der Waals surface area contributed by atoms with Crippen LogP contribution in [0.15, 0.2) is 60.7 Å². The van der Waals surface area contributed by atoms with Crippen molar-refractivity contribution in [2.24, 2.45) is 0 Å². The Morgan fingerprint density at radius 3 is 1.46 bits per heavy atom. The van der Waals surface area contributed by atoms with Crippen LogP contribution in [0.1, 0.15) is 22.6 Å². The van der Waals surface area contributed by atoms with Gasteiger partial charge in [-0.25, -0.2) is 0 Å². The summed E-state index contributed by atoms with van der Waals surface area (Å²) < 4.78 is 0. The van der Waals surface area contributed by atoms with Gasteiger partial charge in [0.15, 0.2) is 0 Å². The lowest BCUT2D eigenvalue weighted by Crippen LogP contribution is -2.10. The zero-order valence-corrected chi connectivity index (χ0v) is 18.6. The Morgan fingerprint density at radius 1 is 0.643 bits per heavy atom. The number of nitrogens with zero attached hydrogens (tertiary/aromatic N) is 2. The molecule has 2 nitrogen and oxygen atoms in total. The van der Waals surface area contributed by atoms with Gasteiger partial charge in [0, 0.05) is 50.5 Å². The van der Waals surface area contributed by atoms with Gasteiger partial charge in [-0.1, -0.05) is 59.1 Å². The van der Waals surface area contributed by atoms with E-state index in [0.29, 0.717) is 15.1 Å². The second-order valence-corrected chi connectivity index (χ2v) is 8.42. The summed E-state index contributed by atoms with van der Waals surface area (Å²) in [6, 6.07) is 20.5. The predicted molar refractivity (Wildman–Crippen MR) is 124 cm³/mol. The zero-order valence-electron chi connectivity index (χ0n) is 16.4. The fourth-order valence-electron chi connectivity index (χ4n) is 3.27. The van der Waals surface area contributed by atoms with Crippen molar-refractivity contribution >= 4 is 46.2 Å². The molecule has 0 saturated carbocycles. The molecule has 0 aliphatic heterocycles. The summed E-state index contributed by atoms with van der Waals surface area (Å²) in [5.41, 5.74) is 5.43. The van der Waals surface area contributed by atoms with Crippen molar-refractivity contribution in [2.45, 2.75) is 5.92 Å². The smallest absolute Gasteiger partial charge is 0.0634 e. The van der Waals surface area contributed by atoms with Gasteiger partial charge in [0.05, 0.1) is 10.0 Å². The van der Waals surface area contributed by atoms with Gasteiger partial charge in [0.1, 0.15) is 0 Å². The highest BCUT2D eigenvalue weighted by atomic mass is 35.5. The average molecular weight is 434 g/mol. The first-order valence-corrected chi connectivity index (χ1v) is 10.1. The summed E-state index contributed by atoms with van der Waals surface area (Å²) in [6.45, 7) is 0. The van der Waals surface area contributed by atoms with Crippen molar-refractivity contribution in [1.82, 2.24) is 0 Å². The number of anilines is 2. The molecule has 0 heterocycles. The van der Waals surface area contributed by atoms with Gasteiger partial charge in [0.2, 0.25) is 0 Å². The molecule has 0 N–H and O–H groups in total. The summed E-state index contributed by atoms with van der Waals surface area (Å²) >= 11 is 19.3. The Bertz CT molecular complexity index is 897. The first-order chi connectivity index (χ1) is 13.3. The van der Waals surface area contributed by atoms with Crippen LogP contribution in [0, 0.1) is 0 Å². The van der Waals surface area contributed by atoms with E-state index in [1.807, 2.05) is 34.3 Å². The van der Waals surface area contributed by atoms with Crippen LogP contribution in [-0.2, 0) is 0 Å². The molecule has 0 fully saturated rings. The normalized spacial score (nSPS) is 11.0. The van der Waals surface area contributed by atoms with E-state index >= 15 is 0 Å². The molecule has 0 atom stereocenters. The van der Waals surface area contributed by atoms with Gasteiger partial charge >= 0.3 is 0 Å². The summed E-state index contributed by atoms with van der Waals surface area (Å²) in [6.07, 6.45) is 0. The number of benzene rings is 3. The summed E-state index contributed by atoms with van der Waals surface area (Å²) in [4.78, 5) is 4.15. The minimum absolute atomic E-state index is 0.0730. The van der Waals surface area contributed by atoms with E-state index in [2.05, 4.69) is 58.3 Å². The average Bonchev–Trinajstić information content (AvgIpc) is 2.66. The van der Waals surface area contributed by atoms with Crippen molar-refractivity contribution < 1.29 is 0 Å². The van der Waals surface area contributed by atoms with E-state index in [9.17, 15) is 0 Å². The van der Waals surface area contributed by atoms with Gasteiger partial charge in [-0.15, -0.1) is 0 Å². The highest BCUT2D eigenvalue weighted by molar-refractivity contribution is 6.43. The van der Waals surface area contributed by atoms with Crippen LogP contribution in [0.2, 0.25) is 15.1 Å². The van der Waals surface area contributed by atoms with E-state index in [-0.39, 0.29) is 5.92 Å². The second-order valence-electron chi connectivity index (χ2n) is 7.20. The molecule has 5 heteroatoms. The first kappa shape index (κ1) is 20.9. The third-order valence-corrected chi connectivity index (χ3v) is 5.85. The van der Waals surface area contributed by atoms with Crippen molar-refractivity contribution in [3.8, 4) is 0 Å². The molecular formula is C23H23Cl3N2. The van der Waals surface area contributed by atoms with Gasteiger partial charge < -0.3 is 9.80 Å².